The molecule has 0 aliphatic carbocycles. The normalized spacial score (nSPS) is 11.3. The molecule has 0 radical (unpaired) electrons. The zero-order valence-electron chi connectivity index (χ0n) is 9.87. The molecule has 0 fully saturated rings. The van der Waals surface area contributed by atoms with Gasteiger partial charge in [0.05, 0.1) is 11.0 Å². The summed E-state index contributed by atoms with van der Waals surface area (Å²) in [4.78, 5) is 21.2. The van der Waals surface area contributed by atoms with Crippen LogP contribution in [0.1, 0.15) is 10.4 Å². The third-order valence-electron chi connectivity index (χ3n) is 2.23. The quantitative estimate of drug-likeness (QED) is 0.489. The number of nitro groups is 1. The number of nitrogens with zero attached hydrogens (tertiary/aromatic N) is 2. The molecule has 0 aliphatic rings. The molecule has 1 amide bonds. The maximum atomic E-state index is 13.0. The lowest BCUT2D eigenvalue weighted by atomic mass is 10.1. The number of nitro benzene ring substituents is 1. The minimum Gasteiger partial charge on any atom is -0.332 e. The summed E-state index contributed by atoms with van der Waals surface area (Å²) in [6.07, 6.45) is -4.72. The van der Waals surface area contributed by atoms with Gasteiger partial charge in [-0.1, -0.05) is 0 Å². The monoisotopic (exact) mass is 298 g/mol. The smallest absolute Gasteiger partial charge is 0.332 e. The highest BCUT2D eigenvalue weighted by Crippen LogP contribution is 2.25. The van der Waals surface area contributed by atoms with Gasteiger partial charge in [0.2, 0.25) is 0 Å². The Labute approximate surface area is 108 Å². The van der Waals surface area contributed by atoms with Crippen LogP contribution in [0.25, 0.3) is 0 Å². The van der Waals surface area contributed by atoms with Crippen molar-refractivity contribution in [2.24, 2.45) is 0 Å². The Bertz CT molecular complexity index is 559. The van der Waals surface area contributed by atoms with Crippen LogP contribution in [-0.2, 0) is 0 Å². The van der Waals surface area contributed by atoms with Crippen LogP contribution in [0.5, 0.6) is 0 Å². The predicted octanol–water partition coefficient (Wildman–Crippen LogP) is 2.51. The third kappa shape index (κ3) is 3.62. The van der Waals surface area contributed by atoms with E-state index in [1.165, 1.54) is 0 Å². The van der Waals surface area contributed by atoms with Gasteiger partial charge in [-0.25, -0.2) is 8.78 Å². The molecule has 0 saturated heterocycles. The lowest BCUT2D eigenvalue weighted by molar-refractivity contribution is -0.385. The fourth-order valence-electron chi connectivity index (χ4n) is 1.41. The number of alkyl halides is 3. The zero-order valence-corrected chi connectivity index (χ0v) is 9.87. The topological polar surface area (TPSA) is 63.5 Å². The van der Waals surface area contributed by atoms with Crippen molar-refractivity contribution in [3.63, 3.8) is 0 Å². The summed E-state index contributed by atoms with van der Waals surface area (Å²) in [6.45, 7) is -1.68. The highest BCUT2D eigenvalue weighted by Gasteiger charge is 2.34. The number of carbonyl (C=O) groups excluding carboxylic acids is 1. The molecule has 0 N–H and O–H groups in total. The molecule has 0 atom stereocenters. The van der Waals surface area contributed by atoms with E-state index in [2.05, 4.69) is 0 Å². The second-order valence-corrected chi connectivity index (χ2v) is 3.82. The van der Waals surface area contributed by atoms with Crippen LogP contribution in [0.2, 0.25) is 0 Å². The molecule has 20 heavy (non-hydrogen) atoms. The van der Waals surface area contributed by atoms with Crippen LogP contribution >= 0.6 is 0 Å². The Hall–Kier alpha value is -2.26. The van der Waals surface area contributed by atoms with Gasteiger partial charge in [-0.15, -0.1) is 0 Å². The lowest BCUT2D eigenvalue weighted by Gasteiger charge is -2.18. The number of amides is 1. The summed E-state index contributed by atoms with van der Waals surface area (Å²) in [5, 5.41) is 10.6. The standard InChI is InChI=1S/C10H7F5N2O3/c1-16(4-10(13,14)15)9(18)5-2-6(11)7(12)3-8(5)17(19)20/h2-3H,4H2,1H3. The molecule has 1 aromatic carbocycles. The molecule has 0 spiro atoms. The second-order valence-electron chi connectivity index (χ2n) is 3.82. The minimum atomic E-state index is -4.72. The van der Waals surface area contributed by atoms with Crippen molar-refractivity contribution in [2.75, 3.05) is 13.6 Å². The van der Waals surface area contributed by atoms with E-state index >= 15 is 0 Å². The Morgan fingerprint density at radius 1 is 1.30 bits per heavy atom. The van der Waals surface area contributed by atoms with Crippen LogP contribution in [0.4, 0.5) is 27.6 Å². The van der Waals surface area contributed by atoms with Crippen molar-refractivity contribution < 1.29 is 31.7 Å². The van der Waals surface area contributed by atoms with E-state index in [1.807, 2.05) is 0 Å². The molecule has 0 aromatic heterocycles. The first-order valence-corrected chi connectivity index (χ1v) is 4.98. The largest absolute Gasteiger partial charge is 0.406 e. The Kier molecular flexibility index (Phi) is 4.26. The Morgan fingerprint density at radius 3 is 2.25 bits per heavy atom. The molecule has 0 heterocycles. The van der Waals surface area contributed by atoms with Gasteiger partial charge in [-0.2, -0.15) is 13.2 Å². The Morgan fingerprint density at radius 2 is 1.80 bits per heavy atom. The number of hydrogen-bond acceptors (Lipinski definition) is 3. The Balaban J connectivity index is 3.21. The first kappa shape index (κ1) is 15.8. The van der Waals surface area contributed by atoms with E-state index < -0.39 is 46.4 Å². The number of halogens is 5. The lowest BCUT2D eigenvalue weighted by Crippen LogP contribution is -2.36. The van der Waals surface area contributed by atoms with Crippen molar-refractivity contribution in [1.82, 2.24) is 4.90 Å². The summed E-state index contributed by atoms with van der Waals surface area (Å²) in [6, 6.07) is 0.340. The van der Waals surface area contributed by atoms with E-state index in [9.17, 15) is 36.9 Å². The van der Waals surface area contributed by atoms with Crippen molar-refractivity contribution in [1.29, 1.82) is 0 Å². The number of carbonyl (C=O) groups is 1. The summed E-state index contributed by atoms with van der Waals surface area (Å²) < 4.78 is 62.2. The van der Waals surface area contributed by atoms with E-state index in [4.69, 9.17) is 0 Å². The van der Waals surface area contributed by atoms with Crippen molar-refractivity contribution >= 4 is 11.6 Å². The van der Waals surface area contributed by atoms with E-state index in [1.54, 1.807) is 0 Å². The highest BCUT2D eigenvalue weighted by molar-refractivity contribution is 5.98. The summed E-state index contributed by atoms with van der Waals surface area (Å²) in [5.74, 6) is -4.58. The van der Waals surface area contributed by atoms with Crippen molar-refractivity contribution in [3.05, 3.63) is 39.4 Å². The molecule has 0 aliphatic heterocycles. The molecule has 5 nitrogen and oxygen atoms in total. The van der Waals surface area contributed by atoms with Crippen LogP contribution in [-0.4, -0.2) is 35.5 Å². The van der Waals surface area contributed by atoms with Gasteiger partial charge in [0, 0.05) is 7.05 Å². The molecule has 0 saturated carbocycles. The molecule has 10 heteroatoms. The van der Waals surface area contributed by atoms with Gasteiger partial charge < -0.3 is 4.90 Å². The van der Waals surface area contributed by atoms with Gasteiger partial charge in [-0.3, -0.25) is 14.9 Å². The molecule has 1 rings (SSSR count). The molecule has 110 valence electrons. The van der Waals surface area contributed by atoms with Crippen LogP contribution in [0, 0.1) is 21.7 Å². The summed E-state index contributed by atoms with van der Waals surface area (Å²) in [5.41, 5.74) is -2.07. The SMILES string of the molecule is CN(CC(F)(F)F)C(=O)c1cc(F)c(F)cc1[N+](=O)[O-]. The molecule has 0 bridgehead atoms. The molecular weight excluding hydrogens is 291 g/mol. The molecule has 0 unspecified atom stereocenters. The maximum Gasteiger partial charge on any atom is 0.406 e. The fourth-order valence-corrected chi connectivity index (χ4v) is 1.41. The van der Waals surface area contributed by atoms with Gasteiger partial charge in [0.15, 0.2) is 11.6 Å². The third-order valence-corrected chi connectivity index (χ3v) is 2.23. The zero-order chi connectivity index (χ0) is 15.7. The van der Waals surface area contributed by atoms with Gasteiger partial charge in [0.1, 0.15) is 12.1 Å². The highest BCUT2D eigenvalue weighted by atomic mass is 19.4. The van der Waals surface area contributed by atoms with Crippen LogP contribution in [0.3, 0.4) is 0 Å². The first-order valence-electron chi connectivity index (χ1n) is 4.98. The average Bonchev–Trinajstić information content (AvgIpc) is 2.28. The van der Waals surface area contributed by atoms with Gasteiger partial charge in [-0.05, 0) is 6.07 Å². The maximum absolute atomic E-state index is 13.0. The van der Waals surface area contributed by atoms with E-state index in [0.717, 1.165) is 7.05 Å². The van der Waals surface area contributed by atoms with Crippen molar-refractivity contribution in [2.45, 2.75) is 6.18 Å². The number of rotatable bonds is 3. The molecular formula is C10H7F5N2O3. The first-order chi connectivity index (χ1) is 9.03. The van der Waals surface area contributed by atoms with Crippen LogP contribution < -0.4 is 0 Å². The summed E-state index contributed by atoms with van der Waals surface area (Å²) in [7, 11) is 0.737. The minimum absolute atomic E-state index is 0.125. The fraction of sp³-hybridized carbons (Fsp3) is 0.300. The molecule has 1 aromatic rings. The second kappa shape index (κ2) is 5.39. The summed E-state index contributed by atoms with van der Waals surface area (Å²) >= 11 is 0. The van der Waals surface area contributed by atoms with E-state index in [-0.39, 0.29) is 17.0 Å². The predicted molar refractivity (Wildman–Crippen MR) is 56.0 cm³/mol. The number of hydrogen-bond donors (Lipinski definition) is 0. The average molecular weight is 298 g/mol. The van der Waals surface area contributed by atoms with Gasteiger partial charge >= 0.3 is 6.18 Å². The van der Waals surface area contributed by atoms with Gasteiger partial charge in [0.25, 0.3) is 11.6 Å². The van der Waals surface area contributed by atoms with Crippen molar-refractivity contribution in [3.8, 4) is 0 Å². The van der Waals surface area contributed by atoms with E-state index in [0.29, 0.717) is 0 Å². The number of benzene rings is 1. The van der Waals surface area contributed by atoms with Crippen LogP contribution in [0.15, 0.2) is 12.1 Å².